The highest BCUT2D eigenvalue weighted by Gasteiger charge is 2.19. The Morgan fingerprint density at radius 2 is 1.72 bits per heavy atom. The summed E-state index contributed by atoms with van der Waals surface area (Å²) in [6.07, 6.45) is 0. The van der Waals surface area contributed by atoms with Crippen molar-refractivity contribution in [2.24, 2.45) is 5.41 Å². The van der Waals surface area contributed by atoms with Gasteiger partial charge in [0, 0.05) is 12.6 Å². The largest absolute Gasteiger partial charge is 0.493 e. The third kappa shape index (κ3) is 3.91. The van der Waals surface area contributed by atoms with E-state index in [1.54, 1.807) is 14.2 Å². The van der Waals surface area contributed by atoms with Gasteiger partial charge in [-0.2, -0.15) is 0 Å². The van der Waals surface area contributed by atoms with Gasteiger partial charge in [-0.05, 0) is 30.0 Å². The summed E-state index contributed by atoms with van der Waals surface area (Å²) >= 11 is 0. The molecule has 0 aromatic heterocycles. The van der Waals surface area contributed by atoms with Gasteiger partial charge in [-0.15, -0.1) is 0 Å². The van der Waals surface area contributed by atoms with Crippen LogP contribution in [-0.2, 0) is 6.54 Å². The van der Waals surface area contributed by atoms with Crippen LogP contribution in [-0.4, -0.2) is 20.3 Å². The van der Waals surface area contributed by atoms with Crippen molar-refractivity contribution in [3.8, 4) is 11.5 Å². The molecule has 0 fully saturated rings. The minimum Gasteiger partial charge on any atom is -0.493 e. The zero-order valence-electron chi connectivity index (χ0n) is 12.3. The fourth-order valence-electron chi connectivity index (χ4n) is 1.57. The summed E-state index contributed by atoms with van der Waals surface area (Å²) in [6, 6.07) is 6.47. The predicted octanol–water partition coefficient (Wildman–Crippen LogP) is 3.23. The maximum absolute atomic E-state index is 5.30. The van der Waals surface area contributed by atoms with Crippen LogP contribution in [0.25, 0.3) is 0 Å². The smallest absolute Gasteiger partial charge is 0.161 e. The third-order valence-corrected chi connectivity index (χ3v) is 3.36. The molecule has 3 heteroatoms. The molecule has 0 aliphatic rings. The van der Waals surface area contributed by atoms with Gasteiger partial charge in [-0.3, -0.25) is 0 Å². The maximum atomic E-state index is 5.30. The summed E-state index contributed by atoms with van der Waals surface area (Å²) in [7, 11) is 3.31. The summed E-state index contributed by atoms with van der Waals surface area (Å²) in [5.74, 6) is 1.55. The van der Waals surface area contributed by atoms with E-state index in [1.165, 1.54) is 5.56 Å². The topological polar surface area (TPSA) is 30.5 Å². The summed E-state index contributed by atoms with van der Waals surface area (Å²) < 4.78 is 10.5. The van der Waals surface area contributed by atoms with E-state index >= 15 is 0 Å². The first-order valence-electron chi connectivity index (χ1n) is 6.32. The van der Waals surface area contributed by atoms with Crippen molar-refractivity contribution >= 4 is 0 Å². The lowest BCUT2D eigenvalue weighted by molar-refractivity contribution is 0.285. The minimum absolute atomic E-state index is 0.260. The van der Waals surface area contributed by atoms with Crippen molar-refractivity contribution in [1.29, 1.82) is 0 Å². The highest BCUT2D eigenvalue weighted by Crippen LogP contribution is 2.27. The highest BCUT2D eigenvalue weighted by atomic mass is 16.5. The van der Waals surface area contributed by atoms with Gasteiger partial charge >= 0.3 is 0 Å². The number of methoxy groups -OCH3 is 2. The quantitative estimate of drug-likeness (QED) is 0.871. The molecule has 1 aromatic rings. The van der Waals surface area contributed by atoms with Crippen LogP contribution in [0.2, 0.25) is 0 Å². The standard InChI is InChI=1S/C15H25NO2/c1-11(15(2,3)4)16-10-12-7-8-13(17-5)14(9-12)18-6/h7-9,11,16H,10H2,1-6H3. The molecule has 18 heavy (non-hydrogen) atoms. The van der Waals surface area contributed by atoms with Gasteiger partial charge in [0.2, 0.25) is 0 Å². The Bertz CT molecular complexity index is 383. The molecule has 0 radical (unpaired) electrons. The van der Waals surface area contributed by atoms with Crippen LogP contribution in [0.15, 0.2) is 18.2 Å². The number of benzene rings is 1. The highest BCUT2D eigenvalue weighted by molar-refractivity contribution is 5.42. The molecular formula is C15H25NO2. The van der Waals surface area contributed by atoms with Crippen LogP contribution in [0.1, 0.15) is 33.3 Å². The first kappa shape index (κ1) is 14.8. The maximum Gasteiger partial charge on any atom is 0.161 e. The number of nitrogens with one attached hydrogen (secondary N) is 1. The Hall–Kier alpha value is -1.22. The van der Waals surface area contributed by atoms with E-state index < -0.39 is 0 Å². The molecule has 0 aliphatic heterocycles. The predicted molar refractivity (Wildman–Crippen MR) is 75.3 cm³/mol. The Kier molecular flexibility index (Phi) is 5.03. The molecule has 1 N–H and O–H groups in total. The van der Waals surface area contributed by atoms with Crippen LogP contribution < -0.4 is 14.8 Å². The second-order valence-electron chi connectivity index (χ2n) is 5.66. The van der Waals surface area contributed by atoms with E-state index in [9.17, 15) is 0 Å². The number of ether oxygens (including phenoxy) is 2. The monoisotopic (exact) mass is 251 g/mol. The second kappa shape index (κ2) is 6.10. The molecule has 1 rings (SSSR count). The lowest BCUT2D eigenvalue weighted by atomic mass is 9.88. The molecule has 102 valence electrons. The second-order valence-corrected chi connectivity index (χ2v) is 5.66. The first-order valence-corrected chi connectivity index (χ1v) is 6.32. The summed E-state index contributed by atoms with van der Waals surface area (Å²) in [5, 5.41) is 3.53. The van der Waals surface area contributed by atoms with Crippen LogP contribution in [0.5, 0.6) is 11.5 Å². The first-order chi connectivity index (χ1) is 8.38. The van der Waals surface area contributed by atoms with Crippen molar-refractivity contribution in [3.63, 3.8) is 0 Å². The molecule has 0 aliphatic carbocycles. The van der Waals surface area contributed by atoms with Crippen LogP contribution in [0.4, 0.5) is 0 Å². The average molecular weight is 251 g/mol. The number of hydrogen-bond donors (Lipinski definition) is 1. The van der Waals surface area contributed by atoms with Gasteiger partial charge in [0.1, 0.15) is 0 Å². The molecule has 0 amide bonds. The molecule has 1 atom stereocenters. The van der Waals surface area contributed by atoms with E-state index in [1.807, 2.05) is 12.1 Å². The Morgan fingerprint density at radius 3 is 2.22 bits per heavy atom. The molecule has 0 saturated carbocycles. The van der Waals surface area contributed by atoms with Gasteiger partial charge in [0.05, 0.1) is 14.2 Å². The zero-order chi connectivity index (χ0) is 13.8. The Balaban J connectivity index is 2.69. The molecule has 1 unspecified atom stereocenters. The summed E-state index contributed by atoms with van der Waals surface area (Å²) in [4.78, 5) is 0. The van der Waals surface area contributed by atoms with Crippen molar-refractivity contribution in [2.75, 3.05) is 14.2 Å². The van der Waals surface area contributed by atoms with Crippen LogP contribution in [0.3, 0.4) is 0 Å². The van der Waals surface area contributed by atoms with Crippen LogP contribution in [0, 0.1) is 5.41 Å². The van der Waals surface area contributed by atoms with Gasteiger partial charge in [-0.25, -0.2) is 0 Å². The summed E-state index contributed by atoms with van der Waals surface area (Å²) in [6.45, 7) is 9.75. The lowest BCUT2D eigenvalue weighted by Gasteiger charge is -2.28. The zero-order valence-corrected chi connectivity index (χ0v) is 12.3. The third-order valence-electron chi connectivity index (χ3n) is 3.36. The molecule has 0 heterocycles. The molecular weight excluding hydrogens is 226 g/mol. The average Bonchev–Trinajstić information content (AvgIpc) is 2.34. The van der Waals surface area contributed by atoms with Gasteiger partial charge < -0.3 is 14.8 Å². The van der Waals surface area contributed by atoms with E-state index in [2.05, 4.69) is 39.1 Å². The minimum atomic E-state index is 0.260. The normalized spacial score (nSPS) is 13.2. The molecule has 3 nitrogen and oxygen atoms in total. The summed E-state index contributed by atoms with van der Waals surface area (Å²) in [5.41, 5.74) is 1.46. The van der Waals surface area contributed by atoms with E-state index in [0.29, 0.717) is 6.04 Å². The van der Waals surface area contributed by atoms with Crippen molar-refractivity contribution in [3.05, 3.63) is 23.8 Å². The van der Waals surface area contributed by atoms with E-state index in [0.717, 1.165) is 18.0 Å². The van der Waals surface area contributed by atoms with E-state index in [4.69, 9.17) is 9.47 Å². The fourth-order valence-corrected chi connectivity index (χ4v) is 1.57. The molecule has 0 spiro atoms. The van der Waals surface area contributed by atoms with Gasteiger partial charge in [0.15, 0.2) is 11.5 Å². The van der Waals surface area contributed by atoms with Crippen molar-refractivity contribution < 1.29 is 9.47 Å². The molecule has 0 saturated heterocycles. The fraction of sp³-hybridized carbons (Fsp3) is 0.600. The van der Waals surface area contributed by atoms with E-state index in [-0.39, 0.29) is 5.41 Å². The van der Waals surface area contributed by atoms with Crippen molar-refractivity contribution in [1.82, 2.24) is 5.32 Å². The van der Waals surface area contributed by atoms with Crippen molar-refractivity contribution in [2.45, 2.75) is 40.3 Å². The lowest BCUT2D eigenvalue weighted by Crippen LogP contribution is -2.37. The number of rotatable bonds is 5. The molecule has 1 aromatic carbocycles. The molecule has 0 bridgehead atoms. The van der Waals surface area contributed by atoms with Gasteiger partial charge in [-0.1, -0.05) is 26.8 Å². The Labute approximate surface area is 110 Å². The van der Waals surface area contributed by atoms with Crippen LogP contribution >= 0.6 is 0 Å². The Morgan fingerprint density at radius 1 is 1.11 bits per heavy atom. The SMILES string of the molecule is COc1ccc(CNC(C)C(C)(C)C)cc1OC. The number of hydrogen-bond acceptors (Lipinski definition) is 3. The van der Waals surface area contributed by atoms with Gasteiger partial charge in [0.25, 0.3) is 0 Å².